The number of ether oxygens (including phenoxy) is 3. The van der Waals surface area contributed by atoms with Crippen molar-refractivity contribution in [1.82, 2.24) is 5.32 Å². The highest BCUT2D eigenvalue weighted by atomic mass is 35.5. The van der Waals surface area contributed by atoms with Gasteiger partial charge in [0.15, 0.2) is 22.5 Å². The minimum absolute atomic E-state index is 0. The van der Waals surface area contributed by atoms with Gasteiger partial charge in [-0.1, -0.05) is 18.2 Å². The lowest BCUT2D eigenvalue weighted by molar-refractivity contribution is 0.354. The molecule has 2 aromatic carbocycles. The van der Waals surface area contributed by atoms with Crippen LogP contribution in [0.2, 0.25) is 0 Å². The summed E-state index contributed by atoms with van der Waals surface area (Å²) in [6.07, 6.45) is 2.78. The van der Waals surface area contributed by atoms with E-state index in [2.05, 4.69) is 21.7 Å². The zero-order valence-electron chi connectivity index (χ0n) is 20.2. The summed E-state index contributed by atoms with van der Waals surface area (Å²) in [5.74, 6) is 2.74. The number of methoxy groups -OCH3 is 3. The average molecular weight is 526 g/mol. The molecule has 0 saturated heterocycles. The second-order valence-electron chi connectivity index (χ2n) is 8.35. The summed E-state index contributed by atoms with van der Waals surface area (Å²) in [5.41, 5.74) is 4.79. The van der Waals surface area contributed by atoms with Gasteiger partial charge in [0.1, 0.15) is 11.6 Å². The Kier molecular flexibility index (Phi) is 7.61. The summed E-state index contributed by atoms with van der Waals surface area (Å²) in [5, 5.41) is 24.4. The Bertz CT molecular complexity index is 1320. The lowest BCUT2D eigenvalue weighted by Crippen LogP contribution is -2.17. The molecule has 0 radical (unpaired) electrons. The third kappa shape index (κ3) is 4.56. The van der Waals surface area contributed by atoms with Crippen LogP contribution in [0.4, 0.5) is 5.69 Å². The van der Waals surface area contributed by atoms with Crippen LogP contribution >= 0.6 is 24.2 Å². The summed E-state index contributed by atoms with van der Waals surface area (Å²) < 4.78 is 16.4. The molecule has 0 fully saturated rings. The van der Waals surface area contributed by atoms with Crippen molar-refractivity contribution in [1.29, 1.82) is 10.8 Å². The molecule has 36 heavy (non-hydrogen) atoms. The quantitative estimate of drug-likeness (QED) is 0.399. The highest BCUT2D eigenvalue weighted by Gasteiger charge is 2.38. The molecule has 0 amide bonds. The van der Waals surface area contributed by atoms with Gasteiger partial charge in [-0.3, -0.25) is 10.8 Å². The van der Waals surface area contributed by atoms with Gasteiger partial charge in [0.05, 0.1) is 37.6 Å². The van der Waals surface area contributed by atoms with Crippen molar-refractivity contribution < 1.29 is 14.2 Å². The van der Waals surface area contributed by atoms with Gasteiger partial charge in [0.2, 0.25) is 0 Å². The Balaban J connectivity index is 0.00000304. The summed E-state index contributed by atoms with van der Waals surface area (Å²) in [4.78, 5) is 5.18. The van der Waals surface area contributed by atoms with Gasteiger partial charge in [-0.05, 0) is 66.4 Å². The number of amidine groups is 3. The number of hydrogen-bond acceptors (Lipinski definition) is 7. The van der Waals surface area contributed by atoms with Crippen LogP contribution in [0.25, 0.3) is 0 Å². The summed E-state index contributed by atoms with van der Waals surface area (Å²) in [6.45, 7) is 0. The Morgan fingerprint density at radius 3 is 2.50 bits per heavy atom. The fraction of sp³-hybridized carbons (Fsp3) is 0.269. The maximum atomic E-state index is 8.62. The number of nitrogens with one attached hydrogen (secondary N) is 4. The molecule has 0 aromatic heterocycles. The maximum Gasteiger partial charge on any atom is 0.173 e. The van der Waals surface area contributed by atoms with Crippen molar-refractivity contribution in [3.05, 3.63) is 69.8 Å². The first kappa shape index (κ1) is 25.7. The highest BCUT2D eigenvalue weighted by Crippen LogP contribution is 2.48. The van der Waals surface area contributed by atoms with Gasteiger partial charge in [0.25, 0.3) is 0 Å². The van der Waals surface area contributed by atoms with Gasteiger partial charge in [0, 0.05) is 11.5 Å². The zero-order valence-corrected chi connectivity index (χ0v) is 21.9. The molecular formula is C26H28ClN5O3S. The number of para-hydroxylation sites is 2. The van der Waals surface area contributed by atoms with Crippen molar-refractivity contribution in [2.75, 3.05) is 26.6 Å². The molecule has 1 aliphatic carbocycles. The Morgan fingerprint density at radius 2 is 1.75 bits per heavy atom. The molecule has 8 nitrogen and oxygen atoms in total. The molecule has 0 bridgehead atoms. The highest BCUT2D eigenvalue weighted by molar-refractivity contribution is 8.18. The normalized spacial score (nSPS) is 20.9. The molecule has 2 heterocycles. The minimum Gasteiger partial charge on any atom is -0.495 e. The molecule has 5 rings (SSSR count). The van der Waals surface area contributed by atoms with E-state index in [-0.39, 0.29) is 24.2 Å². The van der Waals surface area contributed by atoms with E-state index in [9.17, 15) is 0 Å². The van der Waals surface area contributed by atoms with Crippen LogP contribution < -0.4 is 24.8 Å². The Labute approximate surface area is 220 Å². The van der Waals surface area contributed by atoms with Crippen LogP contribution in [0.15, 0.2) is 69.2 Å². The first-order valence-corrected chi connectivity index (χ1v) is 12.2. The van der Waals surface area contributed by atoms with Crippen molar-refractivity contribution in [3.63, 3.8) is 0 Å². The van der Waals surface area contributed by atoms with Crippen LogP contribution in [-0.4, -0.2) is 38.2 Å². The number of halogens is 1. The predicted molar refractivity (Wildman–Crippen MR) is 148 cm³/mol. The SMILES string of the molecule is COc1ccccc1NC1=NC(=N)/C(=C2\NC(=N)C3=C2C(c2ccc(OC)c(OC)c2)CCC3)S1.Cl. The Hall–Kier alpha value is -3.43. The number of rotatable bonds is 5. The van der Waals surface area contributed by atoms with Gasteiger partial charge < -0.3 is 24.8 Å². The zero-order chi connectivity index (χ0) is 24.5. The molecule has 0 spiro atoms. The number of benzene rings is 2. The van der Waals surface area contributed by atoms with Crippen LogP contribution in [0.1, 0.15) is 30.7 Å². The maximum absolute atomic E-state index is 8.62. The lowest BCUT2D eigenvalue weighted by Gasteiger charge is -2.26. The molecule has 0 saturated carbocycles. The molecule has 2 aliphatic heterocycles. The number of anilines is 1. The fourth-order valence-corrected chi connectivity index (χ4v) is 5.71. The number of aliphatic imine (C=N–C) groups is 1. The fourth-order valence-electron chi connectivity index (χ4n) is 4.81. The Morgan fingerprint density at radius 1 is 1.00 bits per heavy atom. The van der Waals surface area contributed by atoms with Crippen molar-refractivity contribution in [2.24, 2.45) is 4.99 Å². The number of thioether (sulfide) groups is 1. The molecule has 3 aliphatic rings. The van der Waals surface area contributed by atoms with E-state index in [1.54, 1.807) is 21.3 Å². The van der Waals surface area contributed by atoms with E-state index >= 15 is 0 Å². The molecule has 188 valence electrons. The molecule has 1 unspecified atom stereocenters. The van der Waals surface area contributed by atoms with E-state index in [1.807, 2.05) is 36.4 Å². The minimum atomic E-state index is 0. The molecule has 10 heteroatoms. The summed E-state index contributed by atoms with van der Waals surface area (Å²) >= 11 is 1.40. The van der Waals surface area contributed by atoms with Crippen LogP contribution in [0.3, 0.4) is 0 Å². The number of nitrogens with zero attached hydrogens (tertiary/aromatic N) is 1. The topological polar surface area (TPSA) is 112 Å². The third-order valence-electron chi connectivity index (χ3n) is 6.43. The number of hydrogen-bond donors (Lipinski definition) is 4. The van der Waals surface area contributed by atoms with Crippen LogP contribution in [-0.2, 0) is 0 Å². The van der Waals surface area contributed by atoms with Gasteiger partial charge in [-0.15, -0.1) is 12.4 Å². The van der Waals surface area contributed by atoms with Crippen LogP contribution in [0.5, 0.6) is 17.2 Å². The van der Waals surface area contributed by atoms with Gasteiger partial charge in [-0.2, -0.15) is 0 Å². The first-order valence-electron chi connectivity index (χ1n) is 11.3. The third-order valence-corrected chi connectivity index (χ3v) is 7.42. The first-order chi connectivity index (χ1) is 17.0. The van der Waals surface area contributed by atoms with Gasteiger partial charge in [-0.25, -0.2) is 4.99 Å². The standard InChI is InChI=1S/C26H27N5O3S.ClH/c1-32-18-10-5-4-9-17(18)29-26-31-25(28)23(35-26)22-21-15(7-6-8-16(21)24(27)30-22)14-11-12-19(33-2)20(13-14)34-3;/h4-5,9-13,15H,6-8H2,1-3H3,(H2,27,30)(H2,28,29,31);1H/b23-22+;. The van der Waals surface area contributed by atoms with E-state index in [0.717, 1.165) is 47.4 Å². The van der Waals surface area contributed by atoms with Crippen molar-refractivity contribution in [2.45, 2.75) is 25.2 Å². The second-order valence-corrected chi connectivity index (χ2v) is 9.35. The second kappa shape index (κ2) is 10.7. The van der Waals surface area contributed by atoms with E-state index in [1.165, 1.54) is 11.8 Å². The smallest absolute Gasteiger partial charge is 0.173 e. The average Bonchev–Trinajstić information content (AvgIpc) is 3.42. The lowest BCUT2D eigenvalue weighted by atomic mass is 9.78. The monoisotopic (exact) mass is 525 g/mol. The molecule has 4 N–H and O–H groups in total. The largest absolute Gasteiger partial charge is 0.495 e. The molecule has 2 aromatic rings. The van der Waals surface area contributed by atoms with E-state index in [0.29, 0.717) is 33.2 Å². The van der Waals surface area contributed by atoms with Crippen LogP contribution in [0, 0.1) is 10.8 Å². The summed E-state index contributed by atoms with van der Waals surface area (Å²) in [6, 6.07) is 13.6. The number of allylic oxidation sites excluding steroid dienone is 1. The van der Waals surface area contributed by atoms with E-state index in [4.69, 9.17) is 25.0 Å². The molecular weight excluding hydrogens is 498 g/mol. The summed E-state index contributed by atoms with van der Waals surface area (Å²) in [7, 11) is 4.89. The van der Waals surface area contributed by atoms with Crippen molar-refractivity contribution in [3.8, 4) is 17.2 Å². The van der Waals surface area contributed by atoms with Gasteiger partial charge >= 0.3 is 0 Å². The predicted octanol–water partition coefficient (Wildman–Crippen LogP) is 5.68. The van der Waals surface area contributed by atoms with E-state index < -0.39 is 0 Å². The van der Waals surface area contributed by atoms with Crippen molar-refractivity contribution >= 4 is 46.7 Å². The molecule has 1 atom stereocenters.